The van der Waals surface area contributed by atoms with Gasteiger partial charge in [-0.1, -0.05) is 36.4 Å². The molecular weight excluding hydrogens is 368 g/mol. The summed E-state index contributed by atoms with van der Waals surface area (Å²) in [7, 11) is 0. The fourth-order valence-electron chi connectivity index (χ4n) is 3.26. The molecule has 2 aromatic carbocycles. The molecule has 4 rings (SSSR count). The van der Waals surface area contributed by atoms with E-state index < -0.39 is 6.10 Å². The highest BCUT2D eigenvalue weighted by Gasteiger charge is 2.14. The summed E-state index contributed by atoms with van der Waals surface area (Å²) in [5, 5.41) is 19.6. The molecule has 29 heavy (non-hydrogen) atoms. The number of rotatable bonds is 6. The van der Waals surface area contributed by atoms with E-state index >= 15 is 0 Å². The molecule has 2 aromatic heterocycles. The van der Waals surface area contributed by atoms with Crippen LogP contribution in [0.2, 0.25) is 0 Å². The Labute approximate surface area is 167 Å². The topological polar surface area (TPSA) is 82.2 Å². The van der Waals surface area contributed by atoms with E-state index in [1.807, 2.05) is 62.4 Å². The molecule has 0 bridgehead atoms. The molecule has 7 heteroatoms. The number of hydrogen-bond donors (Lipinski definition) is 1. The minimum Gasteiger partial charge on any atom is -0.490 e. The Morgan fingerprint density at radius 1 is 1.07 bits per heavy atom. The first kappa shape index (κ1) is 18.9. The summed E-state index contributed by atoms with van der Waals surface area (Å²) in [6.07, 6.45) is 2.47. The van der Waals surface area contributed by atoms with Gasteiger partial charge in [-0.3, -0.25) is 4.79 Å². The average Bonchev–Trinajstić information content (AvgIpc) is 3.16. The summed E-state index contributed by atoms with van der Waals surface area (Å²) in [4.78, 5) is 12.8. The summed E-state index contributed by atoms with van der Waals surface area (Å²) in [6.45, 7) is 4.00. The van der Waals surface area contributed by atoms with Crippen LogP contribution in [0.15, 0.2) is 65.7 Å². The van der Waals surface area contributed by atoms with Crippen molar-refractivity contribution in [1.82, 2.24) is 19.6 Å². The molecule has 0 saturated carbocycles. The molecule has 148 valence electrons. The predicted molar refractivity (Wildman–Crippen MR) is 111 cm³/mol. The maximum Gasteiger partial charge on any atom is 0.295 e. The second kappa shape index (κ2) is 7.89. The fourth-order valence-corrected chi connectivity index (χ4v) is 3.26. The van der Waals surface area contributed by atoms with Crippen LogP contribution in [0, 0.1) is 13.8 Å². The van der Waals surface area contributed by atoms with Crippen molar-refractivity contribution in [2.75, 3.05) is 6.61 Å². The molecule has 0 aliphatic rings. The van der Waals surface area contributed by atoms with E-state index in [9.17, 15) is 9.90 Å². The van der Waals surface area contributed by atoms with Gasteiger partial charge < -0.3 is 9.84 Å². The van der Waals surface area contributed by atoms with Crippen LogP contribution in [0.25, 0.3) is 16.6 Å². The van der Waals surface area contributed by atoms with Crippen LogP contribution >= 0.6 is 0 Å². The number of aliphatic hydroxyl groups is 1. The average molecular weight is 390 g/mol. The molecule has 7 nitrogen and oxygen atoms in total. The van der Waals surface area contributed by atoms with Crippen molar-refractivity contribution in [2.24, 2.45) is 0 Å². The summed E-state index contributed by atoms with van der Waals surface area (Å²) in [5.74, 6) is 0.754. The Kier molecular flexibility index (Phi) is 5.14. The van der Waals surface area contributed by atoms with Gasteiger partial charge in [0.25, 0.3) is 5.56 Å². The lowest BCUT2D eigenvalue weighted by atomic mass is 10.1. The van der Waals surface area contributed by atoms with Crippen LogP contribution < -0.4 is 10.3 Å². The number of hydrogen-bond acceptors (Lipinski definition) is 5. The van der Waals surface area contributed by atoms with Crippen molar-refractivity contribution in [3.05, 3.63) is 82.4 Å². The second-order valence-electron chi connectivity index (χ2n) is 7.03. The minimum absolute atomic E-state index is 0.0257. The van der Waals surface area contributed by atoms with Gasteiger partial charge in [0.05, 0.1) is 18.4 Å². The van der Waals surface area contributed by atoms with Crippen LogP contribution in [0.1, 0.15) is 11.1 Å². The van der Waals surface area contributed by atoms with Crippen LogP contribution in [-0.4, -0.2) is 37.4 Å². The number of fused-ring (bicyclic) bond motifs is 1. The lowest BCUT2D eigenvalue weighted by molar-refractivity contribution is 0.0875. The lowest BCUT2D eigenvalue weighted by Crippen LogP contribution is -2.32. The number of nitrogens with zero attached hydrogens (tertiary/aromatic N) is 4. The molecule has 1 unspecified atom stereocenters. The SMILES string of the molecule is Cc1cccc(C)c1OCC(O)Cn1ncc2cn(-c3ccccc3)nc2c1=O. The molecule has 0 spiro atoms. The van der Waals surface area contributed by atoms with Crippen molar-refractivity contribution < 1.29 is 9.84 Å². The maximum atomic E-state index is 12.8. The van der Waals surface area contributed by atoms with Gasteiger partial charge in [0.15, 0.2) is 5.52 Å². The monoisotopic (exact) mass is 390 g/mol. The maximum absolute atomic E-state index is 12.8. The van der Waals surface area contributed by atoms with E-state index in [2.05, 4.69) is 10.2 Å². The number of ether oxygens (including phenoxy) is 1. The Bertz CT molecular complexity index is 1180. The zero-order valence-corrected chi connectivity index (χ0v) is 16.3. The number of aliphatic hydroxyl groups excluding tert-OH is 1. The van der Waals surface area contributed by atoms with Crippen molar-refractivity contribution in [2.45, 2.75) is 26.5 Å². The zero-order chi connectivity index (χ0) is 20.4. The summed E-state index contributed by atoms with van der Waals surface area (Å²) in [6, 6.07) is 15.4. The third-order valence-corrected chi connectivity index (χ3v) is 4.75. The number of aryl methyl sites for hydroxylation is 2. The molecule has 0 radical (unpaired) electrons. The third-order valence-electron chi connectivity index (χ3n) is 4.75. The van der Waals surface area contributed by atoms with Crippen LogP contribution in [0.4, 0.5) is 0 Å². The first-order valence-electron chi connectivity index (χ1n) is 9.41. The molecule has 1 N–H and O–H groups in total. The molecule has 0 aliphatic carbocycles. The van der Waals surface area contributed by atoms with Crippen molar-refractivity contribution in [1.29, 1.82) is 0 Å². The molecule has 2 heterocycles. The van der Waals surface area contributed by atoms with E-state index in [0.717, 1.165) is 22.6 Å². The van der Waals surface area contributed by atoms with Gasteiger partial charge in [0, 0.05) is 11.6 Å². The highest BCUT2D eigenvalue weighted by Crippen LogP contribution is 2.22. The van der Waals surface area contributed by atoms with Gasteiger partial charge in [-0.05, 0) is 37.1 Å². The quantitative estimate of drug-likeness (QED) is 0.547. The predicted octanol–water partition coefficient (Wildman–Crippen LogP) is 2.64. The molecule has 4 aromatic rings. The highest BCUT2D eigenvalue weighted by atomic mass is 16.5. The molecule has 0 fully saturated rings. The molecule has 0 saturated heterocycles. The Balaban J connectivity index is 1.52. The first-order chi connectivity index (χ1) is 14.0. The summed E-state index contributed by atoms with van der Waals surface area (Å²) >= 11 is 0. The molecular formula is C22H22N4O3. The Hall–Kier alpha value is -3.45. The second-order valence-corrected chi connectivity index (χ2v) is 7.03. The van der Waals surface area contributed by atoms with E-state index in [4.69, 9.17) is 4.74 Å². The van der Waals surface area contributed by atoms with Crippen LogP contribution in [-0.2, 0) is 6.54 Å². The van der Waals surface area contributed by atoms with E-state index in [1.165, 1.54) is 4.68 Å². The van der Waals surface area contributed by atoms with Gasteiger partial charge in [-0.25, -0.2) is 9.36 Å². The van der Waals surface area contributed by atoms with Gasteiger partial charge in [0.1, 0.15) is 18.5 Å². The van der Waals surface area contributed by atoms with E-state index in [1.54, 1.807) is 17.1 Å². The summed E-state index contributed by atoms with van der Waals surface area (Å²) in [5.41, 5.74) is 2.83. The normalized spacial score (nSPS) is 12.2. The summed E-state index contributed by atoms with van der Waals surface area (Å²) < 4.78 is 8.65. The van der Waals surface area contributed by atoms with E-state index in [0.29, 0.717) is 10.9 Å². The van der Waals surface area contributed by atoms with Crippen LogP contribution in [0.5, 0.6) is 5.75 Å². The first-order valence-corrected chi connectivity index (χ1v) is 9.41. The van der Waals surface area contributed by atoms with Gasteiger partial charge in [0.2, 0.25) is 0 Å². The number of benzene rings is 2. The third kappa shape index (κ3) is 3.90. The lowest BCUT2D eigenvalue weighted by Gasteiger charge is -2.16. The number of para-hydroxylation sites is 2. The van der Waals surface area contributed by atoms with Crippen molar-refractivity contribution in [3.8, 4) is 11.4 Å². The van der Waals surface area contributed by atoms with E-state index in [-0.39, 0.29) is 18.7 Å². The highest BCUT2D eigenvalue weighted by molar-refractivity contribution is 5.76. The van der Waals surface area contributed by atoms with Gasteiger partial charge >= 0.3 is 0 Å². The number of aromatic nitrogens is 4. The van der Waals surface area contributed by atoms with Crippen LogP contribution in [0.3, 0.4) is 0 Å². The molecule has 0 aliphatic heterocycles. The molecule has 0 amide bonds. The molecule has 1 atom stereocenters. The van der Waals surface area contributed by atoms with Gasteiger partial charge in [-0.15, -0.1) is 0 Å². The zero-order valence-electron chi connectivity index (χ0n) is 16.3. The van der Waals surface area contributed by atoms with Gasteiger partial charge in [-0.2, -0.15) is 10.2 Å². The minimum atomic E-state index is -0.882. The Morgan fingerprint density at radius 3 is 2.52 bits per heavy atom. The fraction of sp³-hybridized carbons (Fsp3) is 0.227. The standard InChI is InChI=1S/C22H22N4O3/c1-15-7-6-8-16(2)21(15)29-14-19(27)13-26-22(28)20-17(11-23-26)12-25(24-20)18-9-4-3-5-10-18/h3-12,19,27H,13-14H2,1-2H3. The largest absolute Gasteiger partial charge is 0.490 e. The van der Waals surface area contributed by atoms with Crippen molar-refractivity contribution in [3.63, 3.8) is 0 Å². The smallest absolute Gasteiger partial charge is 0.295 e. The van der Waals surface area contributed by atoms with Crippen molar-refractivity contribution >= 4 is 10.9 Å². The Morgan fingerprint density at radius 2 is 1.79 bits per heavy atom.